The molecule has 0 saturated carbocycles. The minimum Gasteiger partial charge on any atom is -0.375 e. The maximum Gasteiger partial charge on any atom is 0.310 e. The number of nitro benzene ring substituents is 1. The van der Waals surface area contributed by atoms with Gasteiger partial charge in [-0.25, -0.2) is 4.39 Å². The Balaban J connectivity index is 2.25. The molecule has 0 bridgehead atoms. The molecule has 0 aliphatic carbocycles. The second kappa shape index (κ2) is 6.19. The number of hydrogen-bond donors (Lipinski definition) is 1. The maximum absolute atomic E-state index is 13.6. The van der Waals surface area contributed by atoms with Gasteiger partial charge in [-0.15, -0.1) is 0 Å². The molecular formula is C13H9BrClFN2O2. The van der Waals surface area contributed by atoms with E-state index in [0.29, 0.717) is 5.56 Å². The fourth-order valence-corrected chi connectivity index (χ4v) is 2.36. The Bertz CT molecular complexity index is 667. The molecule has 0 amide bonds. The van der Waals surface area contributed by atoms with Crippen LogP contribution < -0.4 is 5.32 Å². The number of benzene rings is 2. The predicted octanol–water partition coefficient (Wildman–Crippen LogP) is 4.76. The van der Waals surface area contributed by atoms with Gasteiger partial charge in [-0.2, -0.15) is 0 Å². The van der Waals surface area contributed by atoms with Gasteiger partial charge in [-0.05, 0) is 30.3 Å². The summed E-state index contributed by atoms with van der Waals surface area (Å²) in [6.07, 6.45) is 0. The average Bonchev–Trinajstić information content (AvgIpc) is 2.39. The number of hydrogen-bond acceptors (Lipinski definition) is 3. The smallest absolute Gasteiger partial charge is 0.310 e. The van der Waals surface area contributed by atoms with Gasteiger partial charge >= 0.3 is 5.69 Å². The van der Waals surface area contributed by atoms with Crippen molar-refractivity contribution in [1.29, 1.82) is 0 Å². The highest BCUT2D eigenvalue weighted by Crippen LogP contribution is 2.32. The van der Waals surface area contributed by atoms with Crippen molar-refractivity contribution >= 4 is 38.9 Å². The summed E-state index contributed by atoms with van der Waals surface area (Å²) in [7, 11) is 0. The summed E-state index contributed by atoms with van der Waals surface area (Å²) >= 11 is 9.05. The lowest BCUT2D eigenvalue weighted by atomic mass is 10.2. The van der Waals surface area contributed by atoms with E-state index >= 15 is 0 Å². The van der Waals surface area contributed by atoms with E-state index in [1.54, 1.807) is 18.2 Å². The molecule has 0 aromatic heterocycles. The van der Waals surface area contributed by atoms with Gasteiger partial charge in [0.15, 0.2) is 0 Å². The Morgan fingerprint density at radius 2 is 2.10 bits per heavy atom. The zero-order valence-electron chi connectivity index (χ0n) is 10.1. The number of nitrogens with one attached hydrogen (secondary N) is 1. The molecule has 20 heavy (non-hydrogen) atoms. The molecule has 7 heteroatoms. The van der Waals surface area contributed by atoms with E-state index in [-0.39, 0.29) is 28.8 Å². The molecule has 0 radical (unpaired) electrons. The van der Waals surface area contributed by atoms with Gasteiger partial charge in [0, 0.05) is 16.6 Å². The van der Waals surface area contributed by atoms with Crippen LogP contribution in [0.25, 0.3) is 0 Å². The largest absolute Gasteiger partial charge is 0.375 e. The summed E-state index contributed by atoms with van der Waals surface area (Å²) in [6.45, 7) is 0.118. The fraction of sp³-hybridized carbons (Fsp3) is 0.0769. The topological polar surface area (TPSA) is 55.2 Å². The van der Waals surface area contributed by atoms with Gasteiger partial charge in [0.1, 0.15) is 16.5 Å². The van der Waals surface area contributed by atoms with E-state index < -0.39 is 4.92 Å². The van der Waals surface area contributed by atoms with Gasteiger partial charge in [0.2, 0.25) is 0 Å². The molecule has 0 fully saturated rings. The number of anilines is 1. The van der Waals surface area contributed by atoms with Crippen molar-refractivity contribution in [2.75, 3.05) is 5.32 Å². The van der Waals surface area contributed by atoms with Crippen molar-refractivity contribution in [3.8, 4) is 0 Å². The molecule has 2 aromatic carbocycles. The molecule has 0 spiro atoms. The zero-order valence-corrected chi connectivity index (χ0v) is 12.4. The number of nitrogens with zero attached hydrogens (tertiary/aromatic N) is 1. The van der Waals surface area contributed by atoms with Crippen LogP contribution in [0.15, 0.2) is 40.9 Å². The van der Waals surface area contributed by atoms with Crippen molar-refractivity contribution in [2.45, 2.75) is 6.54 Å². The van der Waals surface area contributed by atoms with Crippen molar-refractivity contribution in [2.24, 2.45) is 0 Å². The number of halogens is 3. The minimum atomic E-state index is -0.568. The van der Waals surface area contributed by atoms with Gasteiger partial charge in [-0.3, -0.25) is 10.1 Å². The Labute approximate surface area is 127 Å². The molecule has 0 saturated heterocycles. The first-order chi connectivity index (χ1) is 9.49. The summed E-state index contributed by atoms with van der Waals surface area (Å²) in [4.78, 5) is 10.4. The lowest BCUT2D eigenvalue weighted by Gasteiger charge is -2.09. The molecular weight excluding hydrogens is 351 g/mol. The highest BCUT2D eigenvalue weighted by atomic mass is 79.9. The first-order valence-corrected chi connectivity index (χ1v) is 6.77. The fourth-order valence-electron chi connectivity index (χ4n) is 1.71. The normalized spacial score (nSPS) is 10.3. The third-order valence-electron chi connectivity index (χ3n) is 2.65. The van der Waals surface area contributed by atoms with Crippen LogP contribution in [-0.2, 0) is 6.54 Å². The van der Waals surface area contributed by atoms with Crippen LogP contribution in [0.4, 0.5) is 15.8 Å². The van der Waals surface area contributed by atoms with Gasteiger partial charge in [0.25, 0.3) is 0 Å². The van der Waals surface area contributed by atoms with E-state index in [1.807, 2.05) is 0 Å². The highest BCUT2D eigenvalue weighted by Gasteiger charge is 2.18. The minimum absolute atomic E-state index is 0.0368. The second-order valence-electron chi connectivity index (χ2n) is 3.98. The van der Waals surface area contributed by atoms with E-state index in [2.05, 4.69) is 21.2 Å². The van der Waals surface area contributed by atoms with Crippen LogP contribution in [0.5, 0.6) is 0 Å². The SMILES string of the molecule is O=[N+]([O-])c1c(Cl)cccc1NCc1cc(Br)ccc1F. The lowest BCUT2D eigenvalue weighted by Crippen LogP contribution is -2.04. The van der Waals surface area contributed by atoms with Crippen LogP contribution >= 0.6 is 27.5 Å². The van der Waals surface area contributed by atoms with E-state index in [4.69, 9.17) is 11.6 Å². The molecule has 2 rings (SSSR count). The zero-order chi connectivity index (χ0) is 14.7. The third-order valence-corrected chi connectivity index (χ3v) is 3.44. The third kappa shape index (κ3) is 3.26. The van der Waals surface area contributed by atoms with Crippen LogP contribution in [0.2, 0.25) is 5.02 Å². The predicted molar refractivity (Wildman–Crippen MR) is 79.5 cm³/mol. The molecule has 104 valence electrons. The molecule has 0 heterocycles. The molecule has 0 aliphatic rings. The van der Waals surface area contributed by atoms with E-state index in [9.17, 15) is 14.5 Å². The first-order valence-electron chi connectivity index (χ1n) is 5.59. The number of nitro groups is 1. The lowest BCUT2D eigenvalue weighted by molar-refractivity contribution is -0.383. The summed E-state index contributed by atoms with van der Waals surface area (Å²) in [5.41, 5.74) is 0.431. The van der Waals surface area contributed by atoms with Crippen LogP contribution in [0, 0.1) is 15.9 Å². The molecule has 1 N–H and O–H groups in total. The Kier molecular flexibility index (Phi) is 4.57. The second-order valence-corrected chi connectivity index (χ2v) is 5.31. The van der Waals surface area contributed by atoms with Gasteiger partial charge in [0.05, 0.1) is 4.92 Å². The van der Waals surface area contributed by atoms with Crippen LogP contribution in [0.1, 0.15) is 5.56 Å². The quantitative estimate of drug-likeness (QED) is 0.632. The number of para-hydroxylation sites is 1. The summed E-state index contributed by atoms with van der Waals surface area (Å²) < 4.78 is 14.3. The van der Waals surface area contributed by atoms with Gasteiger partial charge in [-0.1, -0.05) is 33.6 Å². The van der Waals surface area contributed by atoms with E-state index in [0.717, 1.165) is 4.47 Å². The molecule has 0 unspecified atom stereocenters. The van der Waals surface area contributed by atoms with Crippen molar-refractivity contribution in [3.63, 3.8) is 0 Å². The Morgan fingerprint density at radius 3 is 2.80 bits per heavy atom. The maximum atomic E-state index is 13.6. The van der Waals surface area contributed by atoms with Crippen molar-refractivity contribution < 1.29 is 9.31 Å². The van der Waals surface area contributed by atoms with Crippen LogP contribution in [0.3, 0.4) is 0 Å². The number of rotatable bonds is 4. The Morgan fingerprint density at radius 1 is 1.35 bits per heavy atom. The molecule has 4 nitrogen and oxygen atoms in total. The first kappa shape index (κ1) is 14.7. The van der Waals surface area contributed by atoms with E-state index in [1.165, 1.54) is 18.2 Å². The summed E-state index contributed by atoms with van der Waals surface area (Å²) in [5, 5.41) is 13.8. The van der Waals surface area contributed by atoms with Crippen molar-refractivity contribution in [1.82, 2.24) is 0 Å². The van der Waals surface area contributed by atoms with Gasteiger partial charge < -0.3 is 5.32 Å². The summed E-state index contributed by atoms with van der Waals surface area (Å²) in [5.74, 6) is -0.384. The van der Waals surface area contributed by atoms with Crippen LogP contribution in [-0.4, -0.2) is 4.92 Å². The average molecular weight is 360 g/mol. The molecule has 2 aromatic rings. The molecule has 0 aliphatic heterocycles. The standard InChI is InChI=1S/C13H9BrClFN2O2/c14-9-4-5-11(16)8(6-9)7-17-12-3-1-2-10(15)13(12)18(19)20/h1-6,17H,7H2. The monoisotopic (exact) mass is 358 g/mol. The summed E-state index contributed by atoms with van der Waals surface area (Å²) in [6, 6.07) is 9.08. The van der Waals surface area contributed by atoms with Crippen molar-refractivity contribution in [3.05, 3.63) is 67.4 Å². The molecule has 0 atom stereocenters. The Hall–Kier alpha value is -1.66. The highest BCUT2D eigenvalue weighted by molar-refractivity contribution is 9.10.